The second-order valence-corrected chi connectivity index (χ2v) is 29.8. The number of rotatable bonds is 18. The third-order valence-electron chi connectivity index (χ3n) is 12.9. The topological polar surface area (TPSA) is 84.8 Å². The van der Waals surface area contributed by atoms with E-state index in [9.17, 15) is 5.11 Å². The number of aliphatic hydroxyl groups is 1. The van der Waals surface area contributed by atoms with Crippen LogP contribution in [0, 0.1) is 11.8 Å². The van der Waals surface area contributed by atoms with E-state index in [1.54, 1.807) is 0 Å². The van der Waals surface area contributed by atoms with Crippen LogP contribution in [0.5, 0.6) is 0 Å². The molecule has 1 unspecified atom stereocenters. The normalized spacial score (nSPS) is 25.7. The standard InChI is InChI=1S/C50H73ClO8Si2/c1-49(2,3)60(7,8)58-45-41(51)31-32-54-42(45)28-20-27-40(52)29-30-43-47(59-61(9,10)50(4,5)6)48(56-35-39-25-18-13-19-26-39)46(55-34-38-23-16-12-17-24-38)44(57-43)36-53-33-37-21-14-11-15-22-37/h11-19,21-26,40-48,52H,28-36H2,1-10H3/t40?,41-,42+,43-,44+,45-,46-,47-,48-/m0/s1. The molecular weight excluding hydrogens is 820 g/mol. The Morgan fingerprint density at radius 2 is 1.16 bits per heavy atom. The van der Waals surface area contributed by atoms with E-state index in [0.717, 1.165) is 23.1 Å². The maximum atomic E-state index is 11.4. The quantitative estimate of drug-likeness (QED) is 0.0768. The van der Waals surface area contributed by atoms with Crippen LogP contribution >= 0.6 is 11.6 Å². The van der Waals surface area contributed by atoms with Gasteiger partial charge in [-0.15, -0.1) is 11.6 Å². The van der Waals surface area contributed by atoms with E-state index in [1.165, 1.54) is 0 Å². The van der Waals surface area contributed by atoms with Gasteiger partial charge in [-0.2, -0.15) is 0 Å². The van der Waals surface area contributed by atoms with Crippen LogP contribution in [-0.2, 0) is 52.4 Å². The molecule has 9 atom stereocenters. The predicted octanol–water partition coefficient (Wildman–Crippen LogP) is 10.9. The highest BCUT2D eigenvalue weighted by Crippen LogP contribution is 2.42. The van der Waals surface area contributed by atoms with Gasteiger partial charge >= 0.3 is 0 Å². The van der Waals surface area contributed by atoms with Crippen molar-refractivity contribution in [1.82, 2.24) is 0 Å². The molecule has 0 spiro atoms. The lowest BCUT2D eigenvalue weighted by atomic mass is 9.91. The van der Waals surface area contributed by atoms with Crippen LogP contribution < -0.4 is 0 Å². The zero-order chi connectivity index (χ0) is 44.3. The summed E-state index contributed by atoms with van der Waals surface area (Å²) in [5.41, 5.74) is 3.18. The summed E-state index contributed by atoms with van der Waals surface area (Å²) in [4.78, 5) is 0. The zero-order valence-corrected chi connectivity index (χ0v) is 41.2. The first-order valence-corrected chi connectivity index (χ1v) is 28.5. The molecule has 0 aromatic heterocycles. The first-order valence-electron chi connectivity index (χ1n) is 22.2. The van der Waals surface area contributed by atoms with Crippen LogP contribution in [0.4, 0.5) is 0 Å². The van der Waals surface area contributed by atoms with Crippen LogP contribution in [0.25, 0.3) is 0 Å². The molecule has 5 rings (SSSR count). The summed E-state index contributed by atoms with van der Waals surface area (Å²) in [6.45, 7) is 24.4. The fourth-order valence-electron chi connectivity index (χ4n) is 7.15. The fraction of sp³-hybridized carbons (Fsp3) is 0.600. The minimum atomic E-state index is -2.40. The van der Waals surface area contributed by atoms with Crippen molar-refractivity contribution in [1.29, 1.82) is 0 Å². The molecule has 2 saturated heterocycles. The molecule has 1 N–H and O–H groups in total. The zero-order valence-electron chi connectivity index (χ0n) is 38.4. The molecule has 0 amide bonds. The molecule has 2 aliphatic heterocycles. The molecule has 8 nitrogen and oxygen atoms in total. The number of ether oxygens (including phenoxy) is 5. The minimum Gasteiger partial charge on any atom is -0.410 e. The van der Waals surface area contributed by atoms with E-state index in [2.05, 4.69) is 116 Å². The predicted molar refractivity (Wildman–Crippen MR) is 251 cm³/mol. The van der Waals surface area contributed by atoms with Gasteiger partial charge in [0.25, 0.3) is 0 Å². The number of halogens is 1. The number of alkyl halides is 1. The Balaban J connectivity index is 1.41. The van der Waals surface area contributed by atoms with Gasteiger partial charge in [-0.05, 0) is 72.2 Å². The van der Waals surface area contributed by atoms with Crippen molar-refractivity contribution < 1.29 is 37.6 Å². The molecule has 0 bridgehead atoms. The Hall–Kier alpha value is -2.38. The summed E-state index contributed by atoms with van der Waals surface area (Å²) in [7, 11) is -4.51. The van der Waals surface area contributed by atoms with Gasteiger partial charge in [0, 0.05) is 13.0 Å². The first-order chi connectivity index (χ1) is 28.8. The second-order valence-electron chi connectivity index (χ2n) is 19.8. The van der Waals surface area contributed by atoms with E-state index in [-0.39, 0.29) is 34.3 Å². The van der Waals surface area contributed by atoms with Crippen LogP contribution in [-0.4, -0.2) is 89.2 Å². The van der Waals surface area contributed by atoms with Crippen molar-refractivity contribution in [2.75, 3.05) is 13.2 Å². The van der Waals surface area contributed by atoms with Crippen molar-refractivity contribution in [3.63, 3.8) is 0 Å². The Kier molecular flexibility index (Phi) is 18.3. The molecule has 2 fully saturated rings. The Morgan fingerprint density at radius 1 is 0.672 bits per heavy atom. The van der Waals surface area contributed by atoms with E-state index >= 15 is 0 Å². The molecule has 3 aromatic rings. The van der Waals surface area contributed by atoms with Crippen molar-refractivity contribution in [2.45, 2.75) is 178 Å². The summed E-state index contributed by atoms with van der Waals surface area (Å²) in [6, 6.07) is 30.5. The summed E-state index contributed by atoms with van der Waals surface area (Å²) >= 11 is 6.87. The van der Waals surface area contributed by atoms with Gasteiger partial charge in [0.15, 0.2) is 16.6 Å². The maximum absolute atomic E-state index is 11.4. The summed E-state index contributed by atoms with van der Waals surface area (Å²) in [6.07, 6.45) is -1.81. The lowest BCUT2D eigenvalue weighted by Gasteiger charge is -2.50. The van der Waals surface area contributed by atoms with Gasteiger partial charge in [-0.25, -0.2) is 0 Å². The number of benzene rings is 3. The van der Waals surface area contributed by atoms with E-state index in [0.29, 0.717) is 45.7 Å². The molecule has 336 valence electrons. The molecule has 61 heavy (non-hydrogen) atoms. The van der Waals surface area contributed by atoms with Crippen LogP contribution in [0.2, 0.25) is 36.3 Å². The molecule has 0 saturated carbocycles. The highest BCUT2D eigenvalue weighted by Gasteiger charge is 2.52. The molecule has 2 heterocycles. The molecule has 0 radical (unpaired) electrons. The smallest absolute Gasteiger partial charge is 0.192 e. The summed E-state index contributed by atoms with van der Waals surface area (Å²) in [5, 5.41) is 11.2. The highest BCUT2D eigenvalue weighted by molar-refractivity contribution is 6.74. The average Bonchev–Trinajstić information content (AvgIpc) is 3.21. The fourth-order valence-corrected chi connectivity index (χ4v) is 10.2. The van der Waals surface area contributed by atoms with Gasteiger partial charge in [-0.3, -0.25) is 0 Å². The monoisotopic (exact) mass is 892 g/mol. The Bertz CT molecular complexity index is 1790. The van der Waals surface area contributed by atoms with E-state index in [1.807, 2.05) is 54.6 Å². The van der Waals surface area contributed by atoms with Crippen LogP contribution in [0.3, 0.4) is 0 Å². The van der Waals surface area contributed by atoms with E-state index < -0.39 is 53.3 Å². The summed E-state index contributed by atoms with van der Waals surface area (Å²) in [5.74, 6) is 6.37. The van der Waals surface area contributed by atoms with Gasteiger partial charge in [0.1, 0.15) is 30.5 Å². The Labute approximate surface area is 374 Å². The first kappa shape index (κ1) is 49.6. The molecule has 0 aliphatic carbocycles. The van der Waals surface area contributed by atoms with Gasteiger partial charge in [0.2, 0.25) is 0 Å². The number of aliphatic hydroxyl groups excluding tert-OH is 1. The number of hydrogen-bond acceptors (Lipinski definition) is 8. The Morgan fingerprint density at radius 3 is 1.69 bits per heavy atom. The molecule has 3 aromatic carbocycles. The molecule has 2 aliphatic rings. The summed E-state index contributed by atoms with van der Waals surface area (Å²) < 4.78 is 47.7. The van der Waals surface area contributed by atoms with Gasteiger partial charge < -0.3 is 37.6 Å². The van der Waals surface area contributed by atoms with Gasteiger partial charge in [-0.1, -0.05) is 144 Å². The average molecular weight is 894 g/mol. The molecular formula is C50H73ClO8Si2. The lowest BCUT2D eigenvalue weighted by molar-refractivity contribution is -0.259. The van der Waals surface area contributed by atoms with Crippen molar-refractivity contribution in [3.8, 4) is 11.8 Å². The van der Waals surface area contributed by atoms with E-state index in [4.69, 9.17) is 44.1 Å². The maximum Gasteiger partial charge on any atom is 0.192 e. The lowest BCUT2D eigenvalue weighted by Crippen LogP contribution is -2.64. The third-order valence-corrected chi connectivity index (χ3v) is 22.3. The SMILES string of the molecule is CC(C)(C)[Si](C)(C)O[C@@H]1[C@@H](OCc2ccccc2)[C@@H](OCc2ccccc2)[C@@H](COCc2ccccc2)O[C@H]1CCC(O)C#CC[C@H]1OCC[C@H](Cl)[C@@H]1O[Si](C)(C)C(C)(C)C. The van der Waals surface area contributed by atoms with Crippen molar-refractivity contribution >= 4 is 28.2 Å². The number of hydrogen-bond donors (Lipinski definition) is 1. The second kappa shape index (κ2) is 22.5. The molecule has 11 heteroatoms. The van der Waals surface area contributed by atoms with Crippen LogP contribution in [0.15, 0.2) is 91.0 Å². The third kappa shape index (κ3) is 14.6. The van der Waals surface area contributed by atoms with Crippen molar-refractivity contribution in [3.05, 3.63) is 108 Å². The van der Waals surface area contributed by atoms with Gasteiger partial charge in [0.05, 0.1) is 50.1 Å². The van der Waals surface area contributed by atoms with Crippen molar-refractivity contribution in [2.24, 2.45) is 0 Å². The van der Waals surface area contributed by atoms with Crippen LogP contribution in [0.1, 0.15) is 83.9 Å². The minimum absolute atomic E-state index is 0.0352. The highest BCUT2D eigenvalue weighted by atomic mass is 35.5. The largest absolute Gasteiger partial charge is 0.410 e.